The maximum Gasteiger partial charge on any atom is 0.0198 e. The molecule has 0 radical (unpaired) electrons. The van der Waals surface area contributed by atoms with E-state index in [4.69, 9.17) is 0 Å². The summed E-state index contributed by atoms with van der Waals surface area (Å²) in [5.41, 5.74) is 0. The predicted octanol–water partition coefficient (Wildman–Crippen LogP) is 2.00. The van der Waals surface area contributed by atoms with Crippen LogP contribution in [0.15, 0.2) is 0 Å². The number of nitrogens with one attached hydrogen (secondary N) is 1. The second-order valence-corrected chi connectivity index (χ2v) is 4.93. The van der Waals surface area contributed by atoms with E-state index >= 15 is 0 Å². The van der Waals surface area contributed by atoms with Crippen LogP contribution in [0.3, 0.4) is 0 Å². The summed E-state index contributed by atoms with van der Waals surface area (Å²) in [6.45, 7) is 6.24. The number of hydrogen-bond donors (Lipinski definition) is 1. The molecule has 1 aliphatic heterocycles. The number of unbranched alkanes of at least 4 members (excludes halogenated alkanes) is 1. The van der Waals surface area contributed by atoms with Crippen LogP contribution in [0.25, 0.3) is 0 Å². The van der Waals surface area contributed by atoms with Crippen molar-refractivity contribution in [3.8, 4) is 0 Å². The third kappa shape index (κ3) is 3.25. The third-order valence-electron chi connectivity index (χ3n) is 3.38. The summed E-state index contributed by atoms with van der Waals surface area (Å²) >= 11 is 0. The molecule has 14 heavy (non-hydrogen) atoms. The van der Waals surface area contributed by atoms with E-state index in [2.05, 4.69) is 17.1 Å². The number of nitrogens with zero attached hydrogens (tertiary/aromatic N) is 1. The molecule has 1 heterocycles. The van der Waals surface area contributed by atoms with Crippen LogP contribution in [-0.2, 0) is 0 Å². The molecule has 2 rings (SSSR count). The van der Waals surface area contributed by atoms with Gasteiger partial charge in [0.15, 0.2) is 0 Å². The minimum Gasteiger partial charge on any atom is -0.310 e. The van der Waals surface area contributed by atoms with Crippen LogP contribution >= 0.6 is 0 Å². The first-order valence-corrected chi connectivity index (χ1v) is 6.37. The van der Waals surface area contributed by atoms with Crippen LogP contribution in [0, 0.1) is 0 Å². The molecule has 2 heteroatoms. The van der Waals surface area contributed by atoms with Gasteiger partial charge in [-0.3, -0.25) is 0 Å². The van der Waals surface area contributed by atoms with Gasteiger partial charge >= 0.3 is 0 Å². The summed E-state index contributed by atoms with van der Waals surface area (Å²) in [6, 6.07) is 1.68. The van der Waals surface area contributed by atoms with Crippen LogP contribution < -0.4 is 5.32 Å². The molecule has 0 aromatic rings. The Morgan fingerprint density at radius 2 is 2.07 bits per heavy atom. The summed E-state index contributed by atoms with van der Waals surface area (Å²) in [5.74, 6) is 0. The zero-order valence-corrected chi connectivity index (χ0v) is 9.47. The fourth-order valence-electron chi connectivity index (χ4n) is 2.36. The van der Waals surface area contributed by atoms with E-state index < -0.39 is 0 Å². The van der Waals surface area contributed by atoms with Crippen molar-refractivity contribution in [1.82, 2.24) is 10.2 Å². The average molecular weight is 196 g/mol. The molecule has 2 aliphatic rings. The highest BCUT2D eigenvalue weighted by Gasteiger charge is 2.27. The first kappa shape index (κ1) is 10.4. The molecular formula is C12H24N2. The summed E-state index contributed by atoms with van der Waals surface area (Å²) in [5, 5.41) is 3.76. The van der Waals surface area contributed by atoms with Gasteiger partial charge in [-0.1, -0.05) is 13.3 Å². The molecule has 1 N–H and O–H groups in total. The van der Waals surface area contributed by atoms with Crippen molar-refractivity contribution in [1.29, 1.82) is 0 Å². The van der Waals surface area contributed by atoms with E-state index in [1.165, 1.54) is 58.2 Å². The molecule has 0 spiro atoms. The smallest absolute Gasteiger partial charge is 0.0198 e. The van der Waals surface area contributed by atoms with Gasteiger partial charge in [0.25, 0.3) is 0 Å². The van der Waals surface area contributed by atoms with Crippen molar-refractivity contribution in [2.24, 2.45) is 0 Å². The molecule has 1 aliphatic carbocycles. The fourth-order valence-corrected chi connectivity index (χ4v) is 2.36. The minimum atomic E-state index is 0.799. The SMILES string of the molecule is CCCCN1CCCC(NC2CC2)C1. The highest BCUT2D eigenvalue weighted by atomic mass is 15.2. The summed E-state index contributed by atoms with van der Waals surface area (Å²) < 4.78 is 0. The third-order valence-corrected chi connectivity index (χ3v) is 3.38. The quantitative estimate of drug-likeness (QED) is 0.723. The molecule has 1 saturated heterocycles. The Bertz CT molecular complexity index is 166. The topological polar surface area (TPSA) is 15.3 Å². The van der Waals surface area contributed by atoms with Crippen molar-refractivity contribution in [2.45, 2.75) is 57.5 Å². The van der Waals surface area contributed by atoms with Gasteiger partial charge < -0.3 is 10.2 Å². The van der Waals surface area contributed by atoms with Gasteiger partial charge in [0.1, 0.15) is 0 Å². The summed E-state index contributed by atoms with van der Waals surface area (Å²) in [7, 11) is 0. The lowest BCUT2D eigenvalue weighted by Gasteiger charge is -2.33. The maximum absolute atomic E-state index is 3.76. The Balaban J connectivity index is 1.66. The monoisotopic (exact) mass is 196 g/mol. The van der Waals surface area contributed by atoms with E-state index in [1.54, 1.807) is 0 Å². The Morgan fingerprint density at radius 1 is 1.21 bits per heavy atom. The second kappa shape index (κ2) is 5.13. The lowest BCUT2D eigenvalue weighted by Crippen LogP contribution is -2.46. The number of hydrogen-bond acceptors (Lipinski definition) is 2. The lowest BCUT2D eigenvalue weighted by molar-refractivity contribution is 0.187. The average Bonchev–Trinajstić information content (AvgIpc) is 2.99. The van der Waals surface area contributed by atoms with Crippen molar-refractivity contribution in [2.75, 3.05) is 19.6 Å². The zero-order chi connectivity index (χ0) is 9.80. The van der Waals surface area contributed by atoms with Gasteiger partial charge in [0, 0.05) is 18.6 Å². The Morgan fingerprint density at radius 3 is 2.79 bits per heavy atom. The van der Waals surface area contributed by atoms with Gasteiger partial charge in [-0.15, -0.1) is 0 Å². The van der Waals surface area contributed by atoms with Gasteiger partial charge in [0.2, 0.25) is 0 Å². The summed E-state index contributed by atoms with van der Waals surface area (Å²) in [6.07, 6.45) is 8.34. The molecule has 0 bridgehead atoms. The van der Waals surface area contributed by atoms with Gasteiger partial charge in [0.05, 0.1) is 0 Å². The maximum atomic E-state index is 3.76. The molecular weight excluding hydrogens is 172 g/mol. The molecule has 0 aromatic carbocycles. The first-order chi connectivity index (χ1) is 6.88. The molecule has 82 valence electrons. The number of rotatable bonds is 5. The van der Waals surface area contributed by atoms with Crippen molar-refractivity contribution < 1.29 is 0 Å². The zero-order valence-electron chi connectivity index (χ0n) is 9.47. The summed E-state index contributed by atoms with van der Waals surface area (Å²) in [4.78, 5) is 2.65. The largest absolute Gasteiger partial charge is 0.310 e. The van der Waals surface area contributed by atoms with E-state index in [0.29, 0.717) is 0 Å². The molecule has 1 saturated carbocycles. The number of piperidine rings is 1. The lowest BCUT2D eigenvalue weighted by atomic mass is 10.1. The van der Waals surface area contributed by atoms with E-state index in [9.17, 15) is 0 Å². The van der Waals surface area contributed by atoms with Crippen molar-refractivity contribution in [3.63, 3.8) is 0 Å². The van der Waals surface area contributed by atoms with Crippen molar-refractivity contribution >= 4 is 0 Å². The molecule has 1 atom stereocenters. The van der Waals surface area contributed by atoms with E-state index in [0.717, 1.165) is 12.1 Å². The molecule has 0 aromatic heterocycles. The van der Waals surface area contributed by atoms with E-state index in [1.807, 2.05) is 0 Å². The fraction of sp³-hybridized carbons (Fsp3) is 1.00. The highest BCUT2D eigenvalue weighted by Crippen LogP contribution is 2.21. The van der Waals surface area contributed by atoms with Crippen LogP contribution in [0.4, 0.5) is 0 Å². The minimum absolute atomic E-state index is 0.799. The Hall–Kier alpha value is -0.0800. The highest BCUT2D eigenvalue weighted by molar-refractivity contribution is 4.87. The van der Waals surface area contributed by atoms with E-state index in [-0.39, 0.29) is 0 Å². The van der Waals surface area contributed by atoms with Crippen molar-refractivity contribution in [3.05, 3.63) is 0 Å². The molecule has 2 nitrogen and oxygen atoms in total. The standard InChI is InChI=1S/C12H24N2/c1-2-3-8-14-9-4-5-12(10-14)13-11-6-7-11/h11-13H,2-10H2,1H3. The number of likely N-dealkylation sites (tertiary alicyclic amines) is 1. The Kier molecular flexibility index (Phi) is 3.82. The van der Waals surface area contributed by atoms with Crippen LogP contribution in [0.2, 0.25) is 0 Å². The van der Waals surface area contributed by atoms with Gasteiger partial charge in [-0.2, -0.15) is 0 Å². The van der Waals surface area contributed by atoms with Crippen LogP contribution in [0.5, 0.6) is 0 Å². The second-order valence-electron chi connectivity index (χ2n) is 4.93. The molecule has 0 amide bonds. The normalized spacial score (nSPS) is 29.4. The molecule has 2 fully saturated rings. The first-order valence-electron chi connectivity index (χ1n) is 6.37. The van der Waals surface area contributed by atoms with Gasteiger partial charge in [-0.05, 0) is 45.2 Å². The van der Waals surface area contributed by atoms with Crippen LogP contribution in [-0.4, -0.2) is 36.6 Å². The molecule has 1 unspecified atom stereocenters. The van der Waals surface area contributed by atoms with Crippen LogP contribution in [0.1, 0.15) is 45.4 Å². The predicted molar refractivity (Wildman–Crippen MR) is 60.5 cm³/mol. The van der Waals surface area contributed by atoms with Gasteiger partial charge in [-0.25, -0.2) is 0 Å². The Labute approximate surface area is 88.1 Å².